The van der Waals surface area contributed by atoms with Crippen LogP contribution in [0.5, 0.6) is 0 Å². The summed E-state index contributed by atoms with van der Waals surface area (Å²) in [5.41, 5.74) is 4.71. The molecule has 4 N–H and O–H groups in total. The lowest BCUT2D eigenvalue weighted by atomic mass is 10.0. The van der Waals surface area contributed by atoms with Gasteiger partial charge in [-0.3, -0.25) is 19.3 Å². The number of hydrogen-bond acceptors (Lipinski definition) is 7. The maximum absolute atomic E-state index is 13.3. The third-order valence-electron chi connectivity index (χ3n) is 7.73. The molecule has 0 fully saturated rings. The quantitative estimate of drug-likeness (QED) is 0.0523. The maximum Gasteiger partial charge on any atom is 0.329 e. The number of nitrogens with two attached hydrogens (primary N) is 1. The Hall–Kier alpha value is -2.93. The first kappa shape index (κ1) is 43.1. The number of esters is 1. The van der Waals surface area contributed by atoms with Gasteiger partial charge in [-0.1, -0.05) is 84.0 Å². The van der Waals surface area contributed by atoms with Crippen LogP contribution in [-0.2, 0) is 28.7 Å². The summed E-state index contributed by atoms with van der Waals surface area (Å²) >= 11 is 0. The minimum Gasteiger partial charge on any atom is -0.480 e. The lowest BCUT2D eigenvalue weighted by molar-refractivity contribution is -0.160. The van der Waals surface area contributed by atoms with Crippen molar-refractivity contribution in [1.82, 2.24) is 10.2 Å². The van der Waals surface area contributed by atoms with Crippen molar-refractivity contribution in [2.75, 3.05) is 6.54 Å². The summed E-state index contributed by atoms with van der Waals surface area (Å²) in [6.45, 7) is 7.69. The first-order valence-corrected chi connectivity index (χ1v) is 17.6. The molecule has 264 valence electrons. The first-order valence-electron chi connectivity index (χ1n) is 17.6. The van der Waals surface area contributed by atoms with Gasteiger partial charge in [0.05, 0.1) is 0 Å². The van der Waals surface area contributed by atoms with Crippen LogP contribution in [0.4, 0.5) is 0 Å². The zero-order valence-electron chi connectivity index (χ0n) is 29.2. The molecule has 0 saturated carbocycles. The standard InChI is InChI=1S/C36H63N3O7/c1-6-8-10-11-12-13-14-15-16-17-18-19-20-24-31(40)38-29(35(45)46-36(3,4)5)26-27-33(42)39(32(41)25-9-7-2)30(34(43)44)23-21-22-28-37/h2,29-30H,6,8-28,37H2,1,3-5H3,(H,38,40)(H,43,44)/t29-,30-/m0/s1. The number of carboxylic acid groups (broad SMARTS) is 1. The topological polar surface area (TPSA) is 156 Å². The van der Waals surface area contributed by atoms with Crippen molar-refractivity contribution in [3.63, 3.8) is 0 Å². The molecule has 10 heteroatoms. The fourth-order valence-corrected chi connectivity index (χ4v) is 5.21. The van der Waals surface area contributed by atoms with Gasteiger partial charge in [0.1, 0.15) is 17.7 Å². The molecule has 10 nitrogen and oxygen atoms in total. The van der Waals surface area contributed by atoms with E-state index in [0.717, 1.165) is 24.2 Å². The summed E-state index contributed by atoms with van der Waals surface area (Å²) in [7, 11) is 0. The van der Waals surface area contributed by atoms with E-state index in [1.54, 1.807) is 20.8 Å². The van der Waals surface area contributed by atoms with Crippen LogP contribution in [0.1, 0.15) is 163 Å². The molecule has 0 heterocycles. The Balaban J connectivity index is 5.08. The number of ether oxygens (including phenoxy) is 1. The molecule has 2 atom stereocenters. The van der Waals surface area contributed by atoms with Crippen molar-refractivity contribution in [3.05, 3.63) is 0 Å². The number of unbranched alkanes of at least 4 members (excludes halogenated alkanes) is 13. The van der Waals surface area contributed by atoms with Gasteiger partial charge < -0.3 is 20.9 Å². The predicted molar refractivity (Wildman–Crippen MR) is 182 cm³/mol. The van der Waals surface area contributed by atoms with Crippen LogP contribution in [0, 0.1) is 12.3 Å². The SMILES string of the molecule is C#CCCC(=O)N(C(=O)CC[C@H](NC(=O)CCCCCCCCCCCCCCC)C(=O)OC(C)(C)C)[C@@H](CCCCN)C(=O)O. The van der Waals surface area contributed by atoms with Crippen molar-refractivity contribution in [3.8, 4) is 12.3 Å². The van der Waals surface area contributed by atoms with Gasteiger partial charge in [0.2, 0.25) is 17.7 Å². The van der Waals surface area contributed by atoms with E-state index in [-0.39, 0.29) is 44.4 Å². The predicted octanol–water partition coefficient (Wildman–Crippen LogP) is 6.43. The van der Waals surface area contributed by atoms with Crippen molar-refractivity contribution < 1.29 is 33.8 Å². The van der Waals surface area contributed by atoms with Gasteiger partial charge in [0.25, 0.3) is 0 Å². The van der Waals surface area contributed by atoms with E-state index in [9.17, 15) is 29.1 Å². The number of terminal acetylenes is 1. The van der Waals surface area contributed by atoms with Gasteiger partial charge in [-0.25, -0.2) is 9.59 Å². The molecule has 0 aliphatic carbocycles. The zero-order valence-corrected chi connectivity index (χ0v) is 29.2. The van der Waals surface area contributed by atoms with Crippen LogP contribution in [0.15, 0.2) is 0 Å². The van der Waals surface area contributed by atoms with E-state index in [0.29, 0.717) is 25.8 Å². The highest BCUT2D eigenvalue weighted by Gasteiger charge is 2.35. The molecular weight excluding hydrogens is 586 g/mol. The Morgan fingerprint density at radius 1 is 0.783 bits per heavy atom. The number of rotatable bonds is 27. The fourth-order valence-electron chi connectivity index (χ4n) is 5.21. The van der Waals surface area contributed by atoms with E-state index >= 15 is 0 Å². The van der Waals surface area contributed by atoms with Crippen molar-refractivity contribution >= 4 is 29.7 Å². The average molecular weight is 650 g/mol. The Bertz CT molecular complexity index is 939. The molecule has 46 heavy (non-hydrogen) atoms. The molecule has 0 spiro atoms. The van der Waals surface area contributed by atoms with E-state index in [1.165, 1.54) is 57.8 Å². The van der Waals surface area contributed by atoms with E-state index < -0.39 is 41.4 Å². The number of amides is 3. The number of hydrogen-bond donors (Lipinski definition) is 3. The number of nitrogens with one attached hydrogen (secondary N) is 1. The monoisotopic (exact) mass is 649 g/mol. The lowest BCUT2D eigenvalue weighted by Gasteiger charge is -2.28. The molecule has 0 unspecified atom stereocenters. The molecule has 0 aromatic rings. The van der Waals surface area contributed by atoms with Gasteiger partial charge in [0, 0.05) is 25.7 Å². The first-order chi connectivity index (χ1) is 21.9. The highest BCUT2D eigenvalue weighted by Crippen LogP contribution is 2.18. The molecule has 0 aliphatic heterocycles. The molecule has 0 aromatic carbocycles. The second-order valence-electron chi connectivity index (χ2n) is 13.2. The summed E-state index contributed by atoms with van der Waals surface area (Å²) in [5, 5.41) is 12.6. The van der Waals surface area contributed by atoms with Gasteiger partial charge in [-0.05, 0) is 59.4 Å². The van der Waals surface area contributed by atoms with E-state index in [2.05, 4.69) is 18.2 Å². The highest BCUT2D eigenvalue weighted by atomic mass is 16.6. The van der Waals surface area contributed by atoms with Gasteiger partial charge in [-0.2, -0.15) is 0 Å². The summed E-state index contributed by atoms with van der Waals surface area (Å²) < 4.78 is 5.49. The molecule has 0 radical (unpaired) electrons. The third kappa shape index (κ3) is 21.7. The van der Waals surface area contributed by atoms with Gasteiger partial charge in [-0.15, -0.1) is 12.3 Å². The van der Waals surface area contributed by atoms with Crippen LogP contribution in [0.2, 0.25) is 0 Å². The van der Waals surface area contributed by atoms with Gasteiger partial charge in [0.15, 0.2) is 0 Å². The Morgan fingerprint density at radius 2 is 1.30 bits per heavy atom. The van der Waals surface area contributed by atoms with E-state index in [1.807, 2.05) is 0 Å². The second kappa shape index (κ2) is 26.2. The average Bonchev–Trinajstić information content (AvgIpc) is 2.98. The number of imide groups is 1. The summed E-state index contributed by atoms with van der Waals surface area (Å²) in [4.78, 5) is 64.9. The highest BCUT2D eigenvalue weighted by molar-refractivity contribution is 5.99. The minimum absolute atomic E-state index is 0.0470. The van der Waals surface area contributed by atoms with Crippen LogP contribution in [0.3, 0.4) is 0 Å². The largest absolute Gasteiger partial charge is 0.480 e. The second-order valence-corrected chi connectivity index (χ2v) is 13.2. The molecular formula is C36H63N3O7. The summed E-state index contributed by atoms with van der Waals surface area (Å²) in [6, 6.07) is -2.50. The number of carbonyl (C=O) groups excluding carboxylic acids is 4. The molecule has 0 aliphatic rings. The van der Waals surface area contributed by atoms with E-state index in [4.69, 9.17) is 16.9 Å². The molecule has 0 aromatic heterocycles. The minimum atomic E-state index is -1.38. The number of nitrogens with zero attached hydrogens (tertiary/aromatic N) is 1. The Morgan fingerprint density at radius 3 is 1.78 bits per heavy atom. The van der Waals surface area contributed by atoms with Crippen LogP contribution in [0.25, 0.3) is 0 Å². The number of carboxylic acids is 1. The molecule has 0 saturated heterocycles. The molecule has 0 bridgehead atoms. The molecule has 3 amide bonds. The van der Waals surface area contributed by atoms with Crippen molar-refractivity contribution in [2.24, 2.45) is 5.73 Å². The maximum atomic E-state index is 13.3. The fraction of sp³-hybridized carbons (Fsp3) is 0.806. The lowest BCUT2D eigenvalue weighted by Crippen LogP contribution is -2.50. The molecule has 0 rings (SSSR count). The normalized spacial score (nSPS) is 12.5. The number of aliphatic carboxylic acids is 1. The van der Waals surface area contributed by atoms with Gasteiger partial charge >= 0.3 is 11.9 Å². The van der Waals surface area contributed by atoms with Crippen molar-refractivity contribution in [2.45, 2.75) is 180 Å². The van der Waals surface area contributed by atoms with Crippen LogP contribution < -0.4 is 11.1 Å². The van der Waals surface area contributed by atoms with Crippen LogP contribution in [-0.4, -0.2) is 63.9 Å². The number of carbonyl (C=O) groups is 5. The Kier molecular flexibility index (Phi) is 24.5. The third-order valence-corrected chi connectivity index (χ3v) is 7.73. The van der Waals surface area contributed by atoms with Crippen LogP contribution >= 0.6 is 0 Å². The summed E-state index contributed by atoms with van der Waals surface area (Å²) in [6.07, 6.45) is 21.3. The Labute approximate surface area is 278 Å². The summed E-state index contributed by atoms with van der Waals surface area (Å²) in [5.74, 6) is -1.43. The zero-order chi connectivity index (χ0) is 34.8. The van der Waals surface area contributed by atoms with Crippen molar-refractivity contribution in [1.29, 1.82) is 0 Å². The smallest absolute Gasteiger partial charge is 0.329 e.